The molecule has 5 rings (SSSR count). The molecule has 2 heterocycles. The second-order valence-corrected chi connectivity index (χ2v) is 9.57. The Balaban J connectivity index is 1.26. The smallest absolute Gasteiger partial charge is 0.225 e. The fraction of sp³-hybridized carbons (Fsp3) is 0.250. The van der Waals surface area contributed by atoms with Crippen LogP contribution in [0.15, 0.2) is 84.9 Å². The largest absolute Gasteiger partial charge is 0.346 e. The number of carbonyl (C=O) groups is 1. The lowest BCUT2D eigenvalue weighted by atomic mass is 9.94. The Morgan fingerprint density at radius 2 is 1.66 bits per heavy atom. The van der Waals surface area contributed by atoms with E-state index in [-0.39, 0.29) is 23.7 Å². The van der Waals surface area contributed by atoms with E-state index in [0.717, 1.165) is 47.0 Å². The highest BCUT2D eigenvalue weighted by molar-refractivity contribution is 7.09. The molecule has 0 aliphatic carbocycles. The van der Waals surface area contributed by atoms with Crippen LogP contribution in [0, 0.1) is 11.7 Å². The van der Waals surface area contributed by atoms with Crippen molar-refractivity contribution in [2.24, 2.45) is 5.92 Å². The van der Waals surface area contributed by atoms with Crippen LogP contribution in [0.2, 0.25) is 0 Å². The molecule has 0 saturated carbocycles. The number of halogens is 1. The molecule has 1 unspecified atom stereocenters. The van der Waals surface area contributed by atoms with E-state index in [2.05, 4.69) is 38.9 Å². The molecule has 1 fully saturated rings. The van der Waals surface area contributed by atoms with Gasteiger partial charge in [-0.25, -0.2) is 9.37 Å². The van der Waals surface area contributed by atoms with Crippen LogP contribution < -0.4 is 10.2 Å². The predicted molar refractivity (Wildman–Crippen MR) is 137 cm³/mol. The van der Waals surface area contributed by atoms with Crippen LogP contribution in [0.5, 0.6) is 0 Å². The maximum absolute atomic E-state index is 13.4. The molecule has 1 saturated heterocycles. The van der Waals surface area contributed by atoms with Gasteiger partial charge >= 0.3 is 0 Å². The Hall–Kier alpha value is -3.58. The van der Waals surface area contributed by atoms with Gasteiger partial charge in [-0.15, -0.1) is 0 Å². The zero-order valence-electron chi connectivity index (χ0n) is 19.3. The summed E-state index contributed by atoms with van der Waals surface area (Å²) in [4.78, 5) is 20.3. The van der Waals surface area contributed by atoms with E-state index in [0.29, 0.717) is 13.0 Å². The van der Waals surface area contributed by atoms with Gasteiger partial charge in [-0.2, -0.15) is 4.37 Å². The van der Waals surface area contributed by atoms with E-state index in [9.17, 15) is 9.18 Å². The summed E-state index contributed by atoms with van der Waals surface area (Å²) in [6, 6.07) is 26.4. The first kappa shape index (κ1) is 23.2. The second-order valence-electron chi connectivity index (χ2n) is 8.84. The van der Waals surface area contributed by atoms with E-state index >= 15 is 0 Å². The lowest BCUT2D eigenvalue weighted by Crippen LogP contribution is -2.44. The van der Waals surface area contributed by atoms with Crippen LogP contribution in [0.25, 0.3) is 0 Å². The summed E-state index contributed by atoms with van der Waals surface area (Å²) in [5.41, 5.74) is 3.10. The zero-order valence-corrected chi connectivity index (χ0v) is 20.1. The number of carbonyl (C=O) groups excluding carboxylic acids is 1. The lowest BCUT2D eigenvalue weighted by molar-refractivity contribution is -0.125. The SMILES string of the molecule is O=C(NC(c1ccccc1)c1ccccc1)C1CCCN(c2nc(Cc3ccc(F)cc3)ns2)C1. The van der Waals surface area contributed by atoms with E-state index in [1.807, 2.05) is 36.4 Å². The van der Waals surface area contributed by atoms with Gasteiger partial charge in [-0.05, 0) is 41.7 Å². The molecule has 1 aliphatic rings. The highest BCUT2D eigenvalue weighted by Crippen LogP contribution is 2.27. The molecule has 4 aromatic rings. The van der Waals surface area contributed by atoms with Crippen LogP contribution in [-0.4, -0.2) is 28.4 Å². The third-order valence-corrected chi connectivity index (χ3v) is 7.16. The predicted octanol–water partition coefficient (Wildman–Crippen LogP) is 5.39. The molecule has 1 N–H and O–H groups in total. The first-order chi connectivity index (χ1) is 17.2. The first-order valence-corrected chi connectivity index (χ1v) is 12.7. The number of hydrogen-bond acceptors (Lipinski definition) is 5. The third-order valence-electron chi connectivity index (χ3n) is 6.35. The van der Waals surface area contributed by atoms with E-state index in [4.69, 9.17) is 4.98 Å². The van der Waals surface area contributed by atoms with Crippen molar-refractivity contribution in [3.8, 4) is 0 Å². The molecule has 1 amide bonds. The summed E-state index contributed by atoms with van der Waals surface area (Å²) >= 11 is 1.36. The van der Waals surface area contributed by atoms with Crippen molar-refractivity contribution in [3.63, 3.8) is 0 Å². The number of rotatable bonds is 7. The average molecular weight is 487 g/mol. The Morgan fingerprint density at radius 3 is 2.31 bits per heavy atom. The summed E-state index contributed by atoms with van der Waals surface area (Å²) in [6.07, 6.45) is 2.33. The van der Waals surface area contributed by atoms with Crippen LogP contribution in [-0.2, 0) is 11.2 Å². The molecule has 35 heavy (non-hydrogen) atoms. The number of anilines is 1. The Bertz CT molecular complexity index is 1210. The Morgan fingerprint density at radius 1 is 1.00 bits per heavy atom. The van der Waals surface area contributed by atoms with Gasteiger partial charge in [0.1, 0.15) is 11.6 Å². The van der Waals surface area contributed by atoms with Crippen molar-refractivity contribution in [2.75, 3.05) is 18.0 Å². The van der Waals surface area contributed by atoms with E-state index in [1.54, 1.807) is 12.1 Å². The number of benzene rings is 3. The summed E-state index contributed by atoms with van der Waals surface area (Å²) < 4.78 is 17.7. The van der Waals surface area contributed by atoms with Crippen LogP contribution >= 0.6 is 11.5 Å². The van der Waals surface area contributed by atoms with Crippen LogP contribution in [0.1, 0.15) is 41.4 Å². The van der Waals surface area contributed by atoms with Gasteiger partial charge in [-0.3, -0.25) is 4.79 Å². The van der Waals surface area contributed by atoms with Crippen molar-refractivity contribution < 1.29 is 9.18 Å². The molecule has 1 aliphatic heterocycles. The molecule has 1 aromatic heterocycles. The minimum Gasteiger partial charge on any atom is -0.346 e. The normalized spacial score (nSPS) is 15.8. The van der Waals surface area contributed by atoms with Gasteiger partial charge in [0.15, 0.2) is 0 Å². The topological polar surface area (TPSA) is 58.1 Å². The van der Waals surface area contributed by atoms with Crippen molar-refractivity contribution in [1.82, 2.24) is 14.7 Å². The summed E-state index contributed by atoms with van der Waals surface area (Å²) in [5.74, 6) is 0.406. The zero-order chi connectivity index (χ0) is 24.0. The minimum atomic E-state index is -0.250. The van der Waals surface area contributed by atoms with E-state index < -0.39 is 0 Å². The van der Waals surface area contributed by atoms with Crippen molar-refractivity contribution in [3.05, 3.63) is 113 Å². The average Bonchev–Trinajstić information content (AvgIpc) is 3.38. The maximum Gasteiger partial charge on any atom is 0.225 e. The van der Waals surface area contributed by atoms with Gasteiger partial charge in [0, 0.05) is 31.0 Å². The van der Waals surface area contributed by atoms with Crippen LogP contribution in [0.4, 0.5) is 9.52 Å². The number of nitrogens with zero attached hydrogens (tertiary/aromatic N) is 3. The van der Waals surface area contributed by atoms with Crippen molar-refractivity contribution in [2.45, 2.75) is 25.3 Å². The molecule has 0 radical (unpaired) electrons. The fourth-order valence-electron chi connectivity index (χ4n) is 4.50. The molecule has 7 heteroatoms. The molecule has 0 bridgehead atoms. The van der Waals surface area contributed by atoms with Gasteiger partial charge in [-0.1, -0.05) is 72.8 Å². The molecule has 1 atom stereocenters. The molecular formula is C28H27FN4OS. The quantitative estimate of drug-likeness (QED) is 0.381. The van der Waals surface area contributed by atoms with Gasteiger partial charge in [0.2, 0.25) is 11.0 Å². The highest BCUT2D eigenvalue weighted by Gasteiger charge is 2.29. The Kier molecular flexibility index (Phi) is 7.14. The molecule has 3 aromatic carbocycles. The Labute approximate surface area is 208 Å². The van der Waals surface area contributed by atoms with Crippen molar-refractivity contribution in [1.29, 1.82) is 0 Å². The number of aromatic nitrogens is 2. The molecule has 5 nitrogen and oxygen atoms in total. The number of nitrogens with one attached hydrogen (secondary N) is 1. The fourth-order valence-corrected chi connectivity index (χ4v) is 5.22. The summed E-state index contributed by atoms with van der Waals surface area (Å²) in [6.45, 7) is 1.48. The molecule has 178 valence electrons. The van der Waals surface area contributed by atoms with E-state index in [1.165, 1.54) is 23.7 Å². The van der Waals surface area contributed by atoms with Crippen molar-refractivity contribution >= 4 is 22.6 Å². The standard InChI is InChI=1S/C28H27FN4OS/c29-24-15-13-20(14-16-24)18-25-30-28(35-32-25)33-17-7-12-23(19-33)27(34)31-26(21-8-3-1-4-9-21)22-10-5-2-6-11-22/h1-6,8-11,13-16,23,26H,7,12,17-19H2,(H,31,34). The van der Waals surface area contributed by atoms with Gasteiger partial charge in [0.05, 0.1) is 12.0 Å². The minimum absolute atomic E-state index is 0.0588. The summed E-state index contributed by atoms with van der Waals surface area (Å²) in [7, 11) is 0. The third kappa shape index (κ3) is 5.74. The highest BCUT2D eigenvalue weighted by atomic mass is 32.1. The van der Waals surface area contributed by atoms with Gasteiger partial charge in [0.25, 0.3) is 0 Å². The molecular weight excluding hydrogens is 459 g/mol. The number of amides is 1. The number of hydrogen-bond donors (Lipinski definition) is 1. The molecule has 0 spiro atoms. The van der Waals surface area contributed by atoms with Crippen LogP contribution in [0.3, 0.4) is 0 Å². The second kappa shape index (κ2) is 10.8. The summed E-state index contributed by atoms with van der Waals surface area (Å²) in [5, 5.41) is 4.14. The monoisotopic (exact) mass is 486 g/mol. The lowest BCUT2D eigenvalue weighted by Gasteiger charge is -2.32. The maximum atomic E-state index is 13.4. The first-order valence-electron chi connectivity index (χ1n) is 11.9. The number of piperidine rings is 1. The van der Waals surface area contributed by atoms with Gasteiger partial charge < -0.3 is 10.2 Å².